The lowest BCUT2D eigenvalue weighted by atomic mass is 9.97. The Bertz CT molecular complexity index is 384. The van der Waals surface area contributed by atoms with Gasteiger partial charge >= 0.3 is 0 Å². The SMILES string of the molecule is Cc1nc(CC(=O)N2CCC(CO)CC2)cs1. The summed E-state index contributed by atoms with van der Waals surface area (Å²) in [7, 11) is 0. The molecule has 1 amide bonds. The molecule has 0 bridgehead atoms. The molecule has 5 heteroatoms. The van der Waals surface area contributed by atoms with Gasteiger partial charge in [-0.05, 0) is 25.7 Å². The molecule has 2 rings (SSSR count). The van der Waals surface area contributed by atoms with Gasteiger partial charge in [-0.25, -0.2) is 4.98 Å². The first-order chi connectivity index (χ1) is 8.19. The van der Waals surface area contributed by atoms with Crippen molar-refractivity contribution in [1.29, 1.82) is 0 Å². The van der Waals surface area contributed by atoms with Crippen LogP contribution in [0.15, 0.2) is 5.38 Å². The number of likely N-dealkylation sites (tertiary alicyclic amines) is 1. The number of hydrogen-bond donors (Lipinski definition) is 1. The van der Waals surface area contributed by atoms with Crippen molar-refractivity contribution in [3.8, 4) is 0 Å². The lowest BCUT2D eigenvalue weighted by Gasteiger charge is -2.31. The van der Waals surface area contributed by atoms with Crippen LogP contribution in [0.5, 0.6) is 0 Å². The Morgan fingerprint density at radius 3 is 2.82 bits per heavy atom. The molecule has 17 heavy (non-hydrogen) atoms. The number of rotatable bonds is 3. The highest BCUT2D eigenvalue weighted by molar-refractivity contribution is 7.09. The maximum Gasteiger partial charge on any atom is 0.228 e. The molecule has 94 valence electrons. The Morgan fingerprint density at radius 2 is 2.29 bits per heavy atom. The molecule has 0 saturated carbocycles. The molecule has 1 aromatic heterocycles. The standard InChI is InChI=1S/C12H18N2O2S/c1-9-13-11(8-17-9)6-12(16)14-4-2-10(7-15)3-5-14/h8,10,15H,2-7H2,1H3. The highest BCUT2D eigenvalue weighted by Crippen LogP contribution is 2.17. The normalized spacial score (nSPS) is 17.4. The van der Waals surface area contributed by atoms with Crippen LogP contribution in [0.3, 0.4) is 0 Å². The van der Waals surface area contributed by atoms with Crippen molar-refractivity contribution in [3.63, 3.8) is 0 Å². The Balaban J connectivity index is 1.85. The van der Waals surface area contributed by atoms with Crippen molar-refractivity contribution in [1.82, 2.24) is 9.88 Å². The molecule has 1 saturated heterocycles. The summed E-state index contributed by atoms with van der Waals surface area (Å²) in [5.74, 6) is 0.534. The summed E-state index contributed by atoms with van der Waals surface area (Å²) in [6.07, 6.45) is 2.24. The quantitative estimate of drug-likeness (QED) is 0.882. The van der Waals surface area contributed by atoms with E-state index >= 15 is 0 Å². The van der Waals surface area contributed by atoms with Gasteiger partial charge in [-0.3, -0.25) is 4.79 Å². The molecule has 0 aliphatic carbocycles. The van der Waals surface area contributed by atoms with Gasteiger partial charge in [-0.2, -0.15) is 0 Å². The summed E-state index contributed by atoms with van der Waals surface area (Å²) in [5.41, 5.74) is 0.877. The molecule has 0 unspecified atom stereocenters. The van der Waals surface area contributed by atoms with E-state index in [9.17, 15) is 4.79 Å². The van der Waals surface area contributed by atoms with Gasteiger partial charge in [0.05, 0.1) is 17.1 Å². The van der Waals surface area contributed by atoms with Crippen LogP contribution in [0.1, 0.15) is 23.5 Å². The first kappa shape index (κ1) is 12.5. The molecule has 2 heterocycles. The lowest BCUT2D eigenvalue weighted by Crippen LogP contribution is -2.40. The molecule has 0 aromatic carbocycles. The number of hydrogen-bond acceptors (Lipinski definition) is 4. The summed E-state index contributed by atoms with van der Waals surface area (Å²) < 4.78 is 0. The average molecular weight is 254 g/mol. The Kier molecular flexibility index (Phi) is 4.12. The van der Waals surface area contributed by atoms with E-state index in [1.165, 1.54) is 0 Å². The maximum atomic E-state index is 12.0. The Labute approximate surface area is 105 Å². The number of aromatic nitrogens is 1. The topological polar surface area (TPSA) is 53.4 Å². The third-order valence-corrected chi connectivity index (χ3v) is 4.05. The fourth-order valence-electron chi connectivity index (χ4n) is 2.12. The first-order valence-corrected chi connectivity index (χ1v) is 6.86. The van der Waals surface area contributed by atoms with E-state index < -0.39 is 0 Å². The number of piperidine rings is 1. The Morgan fingerprint density at radius 1 is 1.59 bits per heavy atom. The van der Waals surface area contributed by atoms with Crippen molar-refractivity contribution in [2.75, 3.05) is 19.7 Å². The minimum absolute atomic E-state index is 0.159. The molecule has 1 N–H and O–H groups in total. The Hall–Kier alpha value is -0.940. The molecule has 0 atom stereocenters. The molecule has 1 aromatic rings. The van der Waals surface area contributed by atoms with Gasteiger partial charge in [0.1, 0.15) is 0 Å². The second-order valence-corrected chi connectivity index (χ2v) is 5.60. The average Bonchev–Trinajstić information content (AvgIpc) is 2.75. The molecule has 1 aliphatic rings. The van der Waals surface area contributed by atoms with E-state index in [2.05, 4.69) is 4.98 Å². The number of nitrogens with zero attached hydrogens (tertiary/aromatic N) is 2. The fraction of sp³-hybridized carbons (Fsp3) is 0.667. The number of aliphatic hydroxyl groups is 1. The van der Waals surface area contributed by atoms with Crippen LogP contribution in [0.2, 0.25) is 0 Å². The van der Waals surface area contributed by atoms with Gasteiger partial charge in [0, 0.05) is 25.1 Å². The molecule has 0 spiro atoms. The van der Waals surface area contributed by atoms with E-state index in [-0.39, 0.29) is 12.5 Å². The third-order valence-electron chi connectivity index (χ3n) is 3.22. The smallest absolute Gasteiger partial charge is 0.228 e. The van der Waals surface area contributed by atoms with Crippen LogP contribution in [0, 0.1) is 12.8 Å². The number of amides is 1. The number of thiazole rings is 1. The van der Waals surface area contributed by atoms with E-state index in [0.29, 0.717) is 12.3 Å². The zero-order valence-electron chi connectivity index (χ0n) is 10.1. The largest absolute Gasteiger partial charge is 0.396 e. The first-order valence-electron chi connectivity index (χ1n) is 5.98. The highest BCUT2D eigenvalue weighted by Gasteiger charge is 2.22. The number of aliphatic hydroxyl groups excluding tert-OH is 1. The van der Waals surface area contributed by atoms with E-state index in [4.69, 9.17) is 5.11 Å². The number of aryl methyl sites for hydroxylation is 1. The van der Waals surface area contributed by atoms with Crippen molar-refractivity contribution >= 4 is 17.2 Å². The van der Waals surface area contributed by atoms with Gasteiger partial charge in [-0.1, -0.05) is 0 Å². The van der Waals surface area contributed by atoms with Crippen LogP contribution >= 0.6 is 11.3 Å². The highest BCUT2D eigenvalue weighted by atomic mass is 32.1. The van der Waals surface area contributed by atoms with Gasteiger partial charge < -0.3 is 10.0 Å². The van der Waals surface area contributed by atoms with Crippen molar-refractivity contribution < 1.29 is 9.90 Å². The monoisotopic (exact) mass is 254 g/mol. The summed E-state index contributed by atoms with van der Waals surface area (Å²) in [6.45, 7) is 3.74. The van der Waals surface area contributed by atoms with Crippen LogP contribution in [0.4, 0.5) is 0 Å². The second-order valence-electron chi connectivity index (χ2n) is 4.54. The van der Waals surface area contributed by atoms with Gasteiger partial charge in [-0.15, -0.1) is 11.3 Å². The van der Waals surface area contributed by atoms with Crippen molar-refractivity contribution in [2.24, 2.45) is 5.92 Å². The van der Waals surface area contributed by atoms with Crippen LogP contribution in [-0.2, 0) is 11.2 Å². The molecule has 4 nitrogen and oxygen atoms in total. The maximum absolute atomic E-state index is 12.0. The predicted molar refractivity (Wildman–Crippen MR) is 66.9 cm³/mol. The third kappa shape index (κ3) is 3.26. The lowest BCUT2D eigenvalue weighted by molar-refractivity contribution is -0.132. The summed E-state index contributed by atoms with van der Waals surface area (Å²) in [6, 6.07) is 0. The van der Waals surface area contributed by atoms with Crippen LogP contribution in [-0.4, -0.2) is 40.6 Å². The number of carbonyl (C=O) groups is 1. The summed E-state index contributed by atoms with van der Waals surface area (Å²) in [5, 5.41) is 12.0. The minimum atomic E-state index is 0.159. The molecule has 0 radical (unpaired) electrons. The zero-order valence-corrected chi connectivity index (χ0v) is 10.9. The van der Waals surface area contributed by atoms with Crippen molar-refractivity contribution in [3.05, 3.63) is 16.1 Å². The molecular weight excluding hydrogens is 236 g/mol. The van der Waals surface area contributed by atoms with E-state index in [1.807, 2.05) is 17.2 Å². The number of carbonyl (C=O) groups excluding carboxylic acids is 1. The van der Waals surface area contributed by atoms with E-state index in [1.54, 1.807) is 11.3 Å². The van der Waals surface area contributed by atoms with Gasteiger partial charge in [0.25, 0.3) is 0 Å². The van der Waals surface area contributed by atoms with E-state index in [0.717, 1.165) is 36.6 Å². The molecule has 1 fully saturated rings. The fourth-order valence-corrected chi connectivity index (χ4v) is 2.73. The zero-order chi connectivity index (χ0) is 12.3. The summed E-state index contributed by atoms with van der Waals surface area (Å²) >= 11 is 1.58. The van der Waals surface area contributed by atoms with Gasteiger partial charge in [0.15, 0.2) is 0 Å². The molecule has 1 aliphatic heterocycles. The van der Waals surface area contributed by atoms with Crippen LogP contribution in [0.25, 0.3) is 0 Å². The minimum Gasteiger partial charge on any atom is -0.396 e. The van der Waals surface area contributed by atoms with Crippen molar-refractivity contribution in [2.45, 2.75) is 26.2 Å². The molecular formula is C12H18N2O2S. The van der Waals surface area contributed by atoms with Gasteiger partial charge in [0.2, 0.25) is 5.91 Å². The second kappa shape index (κ2) is 5.60. The predicted octanol–water partition coefficient (Wildman–Crippen LogP) is 1.22. The van der Waals surface area contributed by atoms with Crippen LogP contribution < -0.4 is 0 Å². The summed E-state index contributed by atoms with van der Waals surface area (Å²) in [4.78, 5) is 18.2.